The Hall–Kier alpha value is -3.39. The zero-order chi connectivity index (χ0) is 16.7. The highest BCUT2D eigenvalue weighted by molar-refractivity contribution is 5.90. The van der Waals surface area contributed by atoms with Gasteiger partial charge >= 0.3 is 0 Å². The van der Waals surface area contributed by atoms with Crippen molar-refractivity contribution in [1.29, 1.82) is 5.26 Å². The maximum atomic E-state index is 10.8. The van der Waals surface area contributed by atoms with Gasteiger partial charge in [-0.2, -0.15) is 5.26 Å². The smallest absolute Gasteiger partial charge is 0.270 e. The van der Waals surface area contributed by atoms with Gasteiger partial charge in [-0.1, -0.05) is 36.9 Å². The lowest BCUT2D eigenvalue weighted by Gasteiger charge is -2.04. The number of hydrogen-bond acceptors (Lipinski definition) is 4. The van der Waals surface area contributed by atoms with Crippen molar-refractivity contribution in [1.82, 2.24) is 0 Å². The Morgan fingerprint density at radius 2 is 2.04 bits per heavy atom. The van der Waals surface area contributed by atoms with E-state index in [1.54, 1.807) is 36.4 Å². The number of nitro benzene ring substituents is 1. The maximum absolute atomic E-state index is 10.8. The number of nitrogens with zero attached hydrogens (tertiary/aromatic N) is 2. The normalized spacial score (nSPS) is 10.7. The van der Waals surface area contributed by atoms with Gasteiger partial charge in [0.2, 0.25) is 0 Å². The molecule has 0 aromatic heterocycles. The van der Waals surface area contributed by atoms with E-state index in [0.29, 0.717) is 23.5 Å². The zero-order valence-electron chi connectivity index (χ0n) is 12.3. The number of nitro groups is 1. The van der Waals surface area contributed by atoms with Crippen molar-refractivity contribution in [2.45, 2.75) is 0 Å². The van der Waals surface area contributed by atoms with Gasteiger partial charge in [-0.15, -0.1) is 0 Å². The highest BCUT2D eigenvalue weighted by Gasteiger charge is 2.08. The van der Waals surface area contributed by atoms with E-state index < -0.39 is 4.92 Å². The summed E-state index contributed by atoms with van der Waals surface area (Å²) in [7, 11) is 0. The van der Waals surface area contributed by atoms with Gasteiger partial charge in [0, 0.05) is 12.1 Å². The second-order valence-corrected chi connectivity index (χ2v) is 4.65. The molecule has 114 valence electrons. The largest absolute Gasteiger partial charge is 0.490 e. The molecule has 0 aliphatic heterocycles. The number of allylic oxidation sites excluding steroid dienone is 1. The molecular formula is C18H14N2O3. The monoisotopic (exact) mass is 306 g/mol. The molecule has 0 aliphatic rings. The number of hydrogen-bond donors (Lipinski definition) is 0. The summed E-state index contributed by atoms with van der Waals surface area (Å²) in [6.45, 7) is 4.00. The van der Waals surface area contributed by atoms with Crippen LogP contribution >= 0.6 is 0 Å². The summed E-state index contributed by atoms with van der Waals surface area (Å²) in [5.74, 6) is 0.705. The number of ether oxygens (including phenoxy) is 1. The molecule has 0 atom stereocenters. The van der Waals surface area contributed by atoms with Crippen LogP contribution in [0.4, 0.5) is 5.69 Å². The van der Waals surface area contributed by atoms with E-state index in [4.69, 9.17) is 4.74 Å². The van der Waals surface area contributed by atoms with Crippen LogP contribution in [0.3, 0.4) is 0 Å². The Kier molecular flexibility index (Phi) is 5.26. The second-order valence-electron chi connectivity index (χ2n) is 4.65. The molecule has 0 N–H and O–H groups in total. The van der Waals surface area contributed by atoms with Crippen molar-refractivity contribution in [3.8, 4) is 11.8 Å². The van der Waals surface area contributed by atoms with Gasteiger partial charge in [0.1, 0.15) is 12.4 Å². The van der Waals surface area contributed by atoms with Crippen molar-refractivity contribution in [2.24, 2.45) is 0 Å². The average molecular weight is 306 g/mol. The fourth-order valence-corrected chi connectivity index (χ4v) is 1.95. The quantitative estimate of drug-likeness (QED) is 0.263. The summed E-state index contributed by atoms with van der Waals surface area (Å²) < 4.78 is 5.39. The number of benzene rings is 2. The van der Waals surface area contributed by atoms with Gasteiger partial charge in [-0.05, 0) is 29.3 Å². The van der Waals surface area contributed by atoms with Gasteiger partial charge in [0.05, 0.1) is 16.6 Å². The molecule has 0 spiro atoms. The van der Waals surface area contributed by atoms with E-state index in [1.807, 2.05) is 12.1 Å². The Balaban J connectivity index is 2.28. The zero-order valence-corrected chi connectivity index (χ0v) is 12.3. The molecule has 2 aromatic carbocycles. The SMILES string of the molecule is C=CCOc1ccc(/C=C(/C#N)c2cccc([N+](=O)[O-])c2)cc1. The number of non-ortho nitro benzene ring substituents is 1. The Bertz CT molecular complexity index is 787. The summed E-state index contributed by atoms with van der Waals surface area (Å²) in [6.07, 6.45) is 3.33. The predicted octanol–water partition coefficient (Wildman–Crippen LogP) is 4.22. The molecule has 0 heterocycles. The molecule has 2 rings (SSSR count). The van der Waals surface area contributed by atoms with Crippen molar-refractivity contribution in [3.05, 3.63) is 82.4 Å². The molecule has 0 saturated heterocycles. The maximum Gasteiger partial charge on any atom is 0.270 e. The van der Waals surface area contributed by atoms with Crippen LogP contribution in [0.25, 0.3) is 11.6 Å². The van der Waals surface area contributed by atoms with Crippen LogP contribution in [0.2, 0.25) is 0 Å². The van der Waals surface area contributed by atoms with Crippen LogP contribution in [0.15, 0.2) is 61.2 Å². The minimum atomic E-state index is -0.482. The van der Waals surface area contributed by atoms with Crippen LogP contribution in [0, 0.1) is 21.4 Å². The van der Waals surface area contributed by atoms with Crippen LogP contribution in [-0.4, -0.2) is 11.5 Å². The van der Waals surface area contributed by atoms with Gasteiger partial charge in [0.25, 0.3) is 5.69 Å². The molecule has 0 aliphatic carbocycles. The Labute approximate surface area is 133 Å². The topological polar surface area (TPSA) is 76.2 Å². The average Bonchev–Trinajstić information content (AvgIpc) is 2.59. The molecule has 0 bridgehead atoms. The molecule has 0 amide bonds. The van der Waals surface area contributed by atoms with Crippen LogP contribution in [0.1, 0.15) is 11.1 Å². The first-order valence-electron chi connectivity index (χ1n) is 6.84. The van der Waals surface area contributed by atoms with E-state index in [2.05, 4.69) is 12.6 Å². The van der Waals surface area contributed by atoms with Crippen LogP contribution in [0.5, 0.6) is 5.75 Å². The van der Waals surface area contributed by atoms with Gasteiger partial charge in [-0.3, -0.25) is 10.1 Å². The molecule has 0 radical (unpaired) electrons. The molecular weight excluding hydrogens is 292 g/mol. The molecule has 2 aromatic rings. The molecule has 23 heavy (non-hydrogen) atoms. The third-order valence-corrected chi connectivity index (χ3v) is 3.05. The van der Waals surface area contributed by atoms with Gasteiger partial charge in [0.15, 0.2) is 0 Å². The van der Waals surface area contributed by atoms with Crippen LogP contribution in [-0.2, 0) is 0 Å². The van der Waals surface area contributed by atoms with Crippen molar-refractivity contribution in [2.75, 3.05) is 6.61 Å². The summed E-state index contributed by atoms with van der Waals surface area (Å²) in [5, 5.41) is 20.1. The second kappa shape index (κ2) is 7.57. The van der Waals surface area contributed by atoms with Crippen molar-refractivity contribution in [3.63, 3.8) is 0 Å². The number of nitriles is 1. The third kappa shape index (κ3) is 4.29. The molecule has 5 heteroatoms. The van der Waals surface area contributed by atoms with Gasteiger partial charge < -0.3 is 4.74 Å². The van der Waals surface area contributed by atoms with E-state index in [1.165, 1.54) is 12.1 Å². The fraction of sp³-hybridized carbons (Fsp3) is 0.0556. The number of rotatable bonds is 6. The minimum Gasteiger partial charge on any atom is -0.490 e. The first-order valence-corrected chi connectivity index (χ1v) is 6.84. The standard InChI is InChI=1S/C18H14N2O3/c1-2-10-23-18-8-6-14(7-9-18)11-16(13-19)15-4-3-5-17(12-15)20(21)22/h2-9,11-12H,1,10H2/b16-11-. The van der Waals surface area contributed by atoms with Crippen molar-refractivity contribution >= 4 is 17.3 Å². The van der Waals surface area contributed by atoms with E-state index >= 15 is 0 Å². The highest BCUT2D eigenvalue weighted by Crippen LogP contribution is 2.23. The summed E-state index contributed by atoms with van der Waals surface area (Å²) >= 11 is 0. The summed E-state index contributed by atoms with van der Waals surface area (Å²) in [4.78, 5) is 10.3. The predicted molar refractivity (Wildman–Crippen MR) is 88.7 cm³/mol. The van der Waals surface area contributed by atoms with E-state index in [-0.39, 0.29) is 5.69 Å². The molecule has 0 unspecified atom stereocenters. The molecule has 0 fully saturated rings. The first kappa shape index (κ1) is 16.0. The Morgan fingerprint density at radius 1 is 1.30 bits per heavy atom. The third-order valence-electron chi connectivity index (χ3n) is 3.05. The summed E-state index contributed by atoms with van der Waals surface area (Å²) in [5.41, 5.74) is 1.62. The Morgan fingerprint density at radius 3 is 2.65 bits per heavy atom. The fourth-order valence-electron chi connectivity index (χ4n) is 1.95. The van der Waals surface area contributed by atoms with E-state index in [0.717, 1.165) is 5.56 Å². The van der Waals surface area contributed by atoms with Gasteiger partial charge in [-0.25, -0.2) is 0 Å². The lowest BCUT2D eigenvalue weighted by molar-refractivity contribution is -0.384. The molecule has 5 nitrogen and oxygen atoms in total. The lowest BCUT2D eigenvalue weighted by Crippen LogP contribution is -1.92. The van der Waals surface area contributed by atoms with E-state index in [9.17, 15) is 15.4 Å². The van der Waals surface area contributed by atoms with Crippen LogP contribution < -0.4 is 4.74 Å². The minimum absolute atomic E-state index is 0.0446. The molecule has 0 saturated carbocycles. The van der Waals surface area contributed by atoms with Crippen molar-refractivity contribution < 1.29 is 9.66 Å². The summed E-state index contributed by atoms with van der Waals surface area (Å²) in [6, 6.07) is 15.3. The first-order chi connectivity index (χ1) is 11.1. The lowest BCUT2D eigenvalue weighted by atomic mass is 10.0. The highest BCUT2D eigenvalue weighted by atomic mass is 16.6.